The first-order valence-corrected chi connectivity index (χ1v) is 8.70. The van der Waals surface area contributed by atoms with Crippen LogP contribution in [0.2, 0.25) is 0 Å². The molecule has 2 unspecified atom stereocenters. The number of hydrogen-bond acceptors (Lipinski definition) is 3. The Hall–Kier alpha value is -2.30. The van der Waals surface area contributed by atoms with Gasteiger partial charge in [-0.05, 0) is 38.2 Å². The number of allylic oxidation sites excluding steroid dienone is 2. The second-order valence-electron chi connectivity index (χ2n) is 6.82. The molecule has 0 fully saturated rings. The molecule has 2 aliphatic rings. The van der Waals surface area contributed by atoms with Crippen molar-refractivity contribution in [2.75, 3.05) is 0 Å². The summed E-state index contributed by atoms with van der Waals surface area (Å²) in [6.45, 7) is 0. The van der Waals surface area contributed by atoms with Crippen molar-refractivity contribution in [3.8, 4) is 0 Å². The average molecular weight is 324 g/mol. The maximum absolute atomic E-state index is 6.38. The van der Waals surface area contributed by atoms with Gasteiger partial charge in [0.05, 0.1) is 12.6 Å². The first-order valence-electron chi connectivity index (χ1n) is 8.70. The number of aromatic nitrogens is 4. The van der Waals surface area contributed by atoms with Crippen molar-refractivity contribution in [2.24, 2.45) is 20.0 Å². The summed E-state index contributed by atoms with van der Waals surface area (Å²) in [5.41, 5.74) is 1.76. The van der Waals surface area contributed by atoms with E-state index in [1.165, 1.54) is 18.4 Å². The van der Waals surface area contributed by atoms with Gasteiger partial charge < -0.3 is 13.9 Å². The van der Waals surface area contributed by atoms with Crippen LogP contribution in [0.5, 0.6) is 0 Å². The van der Waals surface area contributed by atoms with Gasteiger partial charge in [0.1, 0.15) is 5.69 Å². The van der Waals surface area contributed by atoms with E-state index in [0.29, 0.717) is 0 Å². The van der Waals surface area contributed by atoms with Crippen molar-refractivity contribution >= 4 is 0 Å². The first kappa shape index (κ1) is 15.2. The molecule has 2 atom stereocenters. The average Bonchev–Trinajstić information content (AvgIpc) is 3.24. The number of nitrogens with zero attached hydrogens (tertiary/aromatic N) is 4. The summed E-state index contributed by atoms with van der Waals surface area (Å²) >= 11 is 0. The van der Waals surface area contributed by atoms with Crippen molar-refractivity contribution in [3.05, 3.63) is 60.4 Å². The summed E-state index contributed by atoms with van der Waals surface area (Å²) in [5.74, 6) is 1.15. The molecule has 0 radical (unpaired) electrons. The van der Waals surface area contributed by atoms with E-state index < -0.39 is 5.60 Å². The van der Waals surface area contributed by atoms with Gasteiger partial charge in [-0.2, -0.15) is 0 Å². The number of rotatable bonds is 3. The van der Waals surface area contributed by atoms with Gasteiger partial charge in [0, 0.05) is 38.6 Å². The number of ether oxygens (including phenoxy) is 1. The molecule has 0 N–H and O–H groups in total. The highest BCUT2D eigenvalue weighted by atomic mass is 16.5. The van der Waals surface area contributed by atoms with Gasteiger partial charge in [0.2, 0.25) is 5.60 Å². The maximum Gasteiger partial charge on any atom is 0.215 e. The van der Waals surface area contributed by atoms with Gasteiger partial charge >= 0.3 is 0 Å². The van der Waals surface area contributed by atoms with E-state index in [4.69, 9.17) is 4.74 Å². The van der Waals surface area contributed by atoms with E-state index in [1.807, 2.05) is 43.6 Å². The molecule has 4 rings (SSSR count). The fraction of sp³-hybridized carbons (Fsp3) is 0.474. The van der Waals surface area contributed by atoms with Gasteiger partial charge in [-0.25, -0.2) is 9.97 Å². The second-order valence-corrected chi connectivity index (χ2v) is 6.82. The highest BCUT2D eigenvalue weighted by Crippen LogP contribution is 2.48. The summed E-state index contributed by atoms with van der Waals surface area (Å²) in [5, 5.41) is 0. The minimum Gasteiger partial charge on any atom is -0.480 e. The lowest BCUT2D eigenvalue weighted by Crippen LogP contribution is -2.43. The third kappa shape index (κ3) is 2.30. The Labute approximate surface area is 142 Å². The predicted molar refractivity (Wildman–Crippen MR) is 92.1 cm³/mol. The van der Waals surface area contributed by atoms with Crippen molar-refractivity contribution in [2.45, 2.75) is 37.7 Å². The number of imidazole rings is 2. The van der Waals surface area contributed by atoms with Crippen LogP contribution >= 0.6 is 0 Å². The molecule has 5 nitrogen and oxygen atoms in total. The smallest absolute Gasteiger partial charge is 0.215 e. The zero-order valence-corrected chi connectivity index (χ0v) is 14.4. The van der Waals surface area contributed by atoms with E-state index in [0.717, 1.165) is 30.8 Å². The van der Waals surface area contributed by atoms with Gasteiger partial charge in [0.15, 0.2) is 5.82 Å². The summed E-state index contributed by atoms with van der Waals surface area (Å²) in [6, 6.07) is 0. The Kier molecular flexibility index (Phi) is 3.79. The molecule has 1 aliphatic carbocycles. The topological polar surface area (TPSA) is 44.9 Å². The van der Waals surface area contributed by atoms with Gasteiger partial charge in [0.25, 0.3) is 0 Å². The molecule has 0 amide bonds. The molecule has 24 heavy (non-hydrogen) atoms. The molecule has 5 heteroatoms. The van der Waals surface area contributed by atoms with Crippen molar-refractivity contribution in [1.29, 1.82) is 0 Å². The molecule has 126 valence electrons. The molecule has 2 aromatic rings. The molecule has 1 aliphatic heterocycles. The van der Waals surface area contributed by atoms with Crippen molar-refractivity contribution < 1.29 is 4.74 Å². The standard InChI is InChI=1S/C19H24N4O/c1-22-13-17(21-14-22)19(18-20-10-11-23(18)2)16(9-6-12-24-19)15-7-4-3-5-8-15/h6-7,10-14,16H,3-5,8-9H2,1-2H3. The minimum atomic E-state index is -0.655. The molecule has 0 saturated heterocycles. The molecule has 3 heterocycles. The predicted octanol–water partition coefficient (Wildman–Crippen LogP) is 3.45. The Morgan fingerprint density at radius 2 is 2.17 bits per heavy atom. The largest absolute Gasteiger partial charge is 0.480 e. The third-order valence-corrected chi connectivity index (χ3v) is 5.23. The van der Waals surface area contributed by atoms with Crippen molar-refractivity contribution in [3.63, 3.8) is 0 Å². The van der Waals surface area contributed by atoms with E-state index in [-0.39, 0.29) is 5.92 Å². The lowest BCUT2D eigenvalue weighted by molar-refractivity contribution is -0.0126. The van der Waals surface area contributed by atoms with Crippen LogP contribution in [0.4, 0.5) is 0 Å². The zero-order valence-electron chi connectivity index (χ0n) is 14.4. The number of hydrogen-bond donors (Lipinski definition) is 0. The van der Waals surface area contributed by atoms with E-state index in [2.05, 4.69) is 32.9 Å². The summed E-state index contributed by atoms with van der Waals surface area (Å²) in [4.78, 5) is 9.35. The maximum atomic E-state index is 6.38. The van der Waals surface area contributed by atoms with E-state index in [1.54, 1.807) is 0 Å². The van der Waals surface area contributed by atoms with Crippen LogP contribution in [0, 0.1) is 5.92 Å². The third-order valence-electron chi connectivity index (χ3n) is 5.23. The Bertz CT molecular complexity index is 785. The summed E-state index contributed by atoms with van der Waals surface area (Å²) in [6.07, 6.45) is 19.9. The van der Waals surface area contributed by atoms with Crippen LogP contribution < -0.4 is 0 Å². The van der Waals surface area contributed by atoms with Gasteiger partial charge in [-0.3, -0.25) is 0 Å². The highest BCUT2D eigenvalue weighted by Gasteiger charge is 2.51. The quantitative estimate of drug-likeness (QED) is 0.812. The highest BCUT2D eigenvalue weighted by molar-refractivity contribution is 5.33. The van der Waals surface area contributed by atoms with E-state index in [9.17, 15) is 0 Å². The normalized spacial score (nSPS) is 26.9. The lowest BCUT2D eigenvalue weighted by atomic mass is 9.73. The molecule has 0 bridgehead atoms. The first-order chi connectivity index (χ1) is 11.7. The van der Waals surface area contributed by atoms with Crippen LogP contribution in [-0.4, -0.2) is 19.1 Å². The number of aryl methyl sites for hydroxylation is 2. The molecular formula is C19H24N4O. The van der Waals surface area contributed by atoms with Crippen LogP contribution in [0.3, 0.4) is 0 Å². The fourth-order valence-corrected chi connectivity index (χ4v) is 4.08. The van der Waals surface area contributed by atoms with Crippen LogP contribution in [-0.2, 0) is 24.4 Å². The van der Waals surface area contributed by atoms with Gasteiger partial charge in [-0.15, -0.1) is 0 Å². The molecule has 0 aromatic carbocycles. The molecule has 2 aromatic heterocycles. The Morgan fingerprint density at radius 1 is 1.25 bits per heavy atom. The SMILES string of the molecule is Cn1cnc(C2(c3nccn3C)OC=CCC2C2=CCCCC2)c1. The molecule has 0 spiro atoms. The summed E-state index contributed by atoms with van der Waals surface area (Å²) < 4.78 is 10.4. The molecular weight excluding hydrogens is 300 g/mol. The fourth-order valence-electron chi connectivity index (χ4n) is 4.08. The van der Waals surface area contributed by atoms with Crippen molar-refractivity contribution in [1.82, 2.24) is 19.1 Å². The van der Waals surface area contributed by atoms with E-state index >= 15 is 0 Å². The monoisotopic (exact) mass is 324 g/mol. The second kappa shape index (κ2) is 5.96. The van der Waals surface area contributed by atoms with Crippen LogP contribution in [0.25, 0.3) is 0 Å². The van der Waals surface area contributed by atoms with Gasteiger partial charge in [-0.1, -0.05) is 11.6 Å². The van der Waals surface area contributed by atoms with Crippen LogP contribution in [0.15, 0.2) is 48.9 Å². The minimum absolute atomic E-state index is 0.235. The van der Waals surface area contributed by atoms with Crippen LogP contribution in [0.1, 0.15) is 43.6 Å². The summed E-state index contributed by atoms with van der Waals surface area (Å²) in [7, 11) is 4.02. The zero-order chi connectivity index (χ0) is 16.6. The Morgan fingerprint density at radius 3 is 2.83 bits per heavy atom. The Balaban J connectivity index is 1.92. The molecule has 0 saturated carbocycles. The lowest BCUT2D eigenvalue weighted by Gasteiger charge is -2.42.